The molecular formula is C17H13ClFN3O5. The molecule has 1 aliphatic rings. The molecule has 1 aliphatic heterocycles. The largest absolute Gasteiger partial charge is 0.494 e. The van der Waals surface area contributed by atoms with E-state index in [0.717, 1.165) is 10.6 Å². The number of ether oxygens (including phenoxy) is 1. The summed E-state index contributed by atoms with van der Waals surface area (Å²) in [5, 5.41) is 2.63. The van der Waals surface area contributed by atoms with Crippen LogP contribution in [-0.2, 0) is 4.79 Å². The number of furan rings is 1. The molecule has 1 aromatic carbocycles. The summed E-state index contributed by atoms with van der Waals surface area (Å²) in [5.74, 6) is -0.760. The van der Waals surface area contributed by atoms with Gasteiger partial charge in [-0.2, -0.15) is 0 Å². The number of benzene rings is 1. The molecule has 140 valence electrons. The zero-order chi connectivity index (χ0) is 19.3. The van der Waals surface area contributed by atoms with E-state index < -0.39 is 23.1 Å². The maximum absolute atomic E-state index is 13.8. The molecule has 2 N–H and O–H groups in total. The first-order valence-electron chi connectivity index (χ1n) is 7.97. The fraction of sp³-hybridized carbons (Fsp3) is 0.235. The molecule has 27 heavy (non-hydrogen) atoms. The molecule has 0 bridgehead atoms. The normalized spacial score (nSPS) is 16.7. The SMILES string of the molecule is COc1cc(-c2cc3[nH]c(=O)n([C@H]4CNC(=O)C4)c(=O)c3o2)c(Cl)cc1F. The summed E-state index contributed by atoms with van der Waals surface area (Å²) in [6.07, 6.45) is 0.0308. The van der Waals surface area contributed by atoms with E-state index in [2.05, 4.69) is 10.3 Å². The van der Waals surface area contributed by atoms with Gasteiger partial charge in [-0.15, -0.1) is 0 Å². The van der Waals surface area contributed by atoms with Gasteiger partial charge in [-0.3, -0.25) is 14.2 Å². The van der Waals surface area contributed by atoms with E-state index >= 15 is 0 Å². The lowest BCUT2D eigenvalue weighted by Gasteiger charge is -2.09. The van der Waals surface area contributed by atoms with E-state index in [1.807, 2.05) is 0 Å². The summed E-state index contributed by atoms with van der Waals surface area (Å²) >= 11 is 6.09. The second-order valence-corrected chi connectivity index (χ2v) is 6.49. The molecule has 0 saturated carbocycles. The Morgan fingerprint density at radius 1 is 1.30 bits per heavy atom. The molecular weight excluding hydrogens is 381 g/mol. The van der Waals surface area contributed by atoms with Crippen LogP contribution in [0.15, 0.2) is 32.2 Å². The highest BCUT2D eigenvalue weighted by Crippen LogP contribution is 2.35. The second kappa shape index (κ2) is 6.27. The standard InChI is InChI=1S/C17H13ClFN3O5/c1-26-13-3-8(9(18)4-10(13)19)12-5-11-15(27-12)16(24)22(17(25)21-11)7-2-14(23)20-6-7/h3-5,7H,2,6H2,1H3,(H,20,23)(H,21,25)/t7-/m1/s1. The van der Waals surface area contributed by atoms with E-state index in [4.69, 9.17) is 20.8 Å². The molecule has 10 heteroatoms. The van der Waals surface area contributed by atoms with Gasteiger partial charge in [0, 0.05) is 24.6 Å². The zero-order valence-electron chi connectivity index (χ0n) is 14.0. The summed E-state index contributed by atoms with van der Waals surface area (Å²) in [6, 6.07) is 3.24. The highest BCUT2D eigenvalue weighted by Gasteiger charge is 2.27. The van der Waals surface area contributed by atoms with Gasteiger partial charge in [-0.25, -0.2) is 9.18 Å². The van der Waals surface area contributed by atoms with Gasteiger partial charge in [0.15, 0.2) is 11.6 Å². The Balaban J connectivity index is 1.89. The molecule has 0 unspecified atom stereocenters. The summed E-state index contributed by atoms with van der Waals surface area (Å²) in [6.45, 7) is 0.182. The van der Waals surface area contributed by atoms with Crippen LogP contribution < -0.4 is 21.3 Å². The molecule has 0 aliphatic carbocycles. The van der Waals surface area contributed by atoms with Crippen LogP contribution in [0.5, 0.6) is 5.75 Å². The van der Waals surface area contributed by atoms with E-state index in [1.165, 1.54) is 19.2 Å². The van der Waals surface area contributed by atoms with Crippen molar-refractivity contribution in [1.29, 1.82) is 0 Å². The molecule has 1 saturated heterocycles. The van der Waals surface area contributed by atoms with Gasteiger partial charge in [0.2, 0.25) is 11.5 Å². The van der Waals surface area contributed by atoms with Crippen molar-refractivity contribution in [2.45, 2.75) is 12.5 Å². The van der Waals surface area contributed by atoms with Crippen molar-refractivity contribution in [3.8, 4) is 17.1 Å². The molecule has 0 radical (unpaired) electrons. The number of carbonyl (C=O) groups is 1. The molecule has 1 amide bonds. The Morgan fingerprint density at radius 2 is 2.07 bits per heavy atom. The maximum atomic E-state index is 13.8. The highest BCUT2D eigenvalue weighted by molar-refractivity contribution is 6.33. The lowest BCUT2D eigenvalue weighted by Crippen LogP contribution is -2.38. The predicted octanol–water partition coefficient (Wildman–Crippen LogP) is 1.81. The van der Waals surface area contributed by atoms with Crippen LogP contribution in [0.1, 0.15) is 12.5 Å². The summed E-state index contributed by atoms with van der Waals surface area (Å²) in [5.41, 5.74) is -0.928. The lowest BCUT2D eigenvalue weighted by atomic mass is 10.1. The van der Waals surface area contributed by atoms with Gasteiger partial charge >= 0.3 is 5.69 Å². The molecule has 1 atom stereocenters. The first-order chi connectivity index (χ1) is 12.9. The van der Waals surface area contributed by atoms with Crippen molar-refractivity contribution >= 4 is 28.6 Å². The number of carbonyl (C=O) groups excluding carboxylic acids is 1. The van der Waals surface area contributed by atoms with Crippen LogP contribution in [0.25, 0.3) is 22.4 Å². The quantitative estimate of drug-likeness (QED) is 0.706. The summed E-state index contributed by atoms with van der Waals surface area (Å²) < 4.78 is 25.3. The van der Waals surface area contributed by atoms with Crippen molar-refractivity contribution in [2.75, 3.05) is 13.7 Å². The van der Waals surface area contributed by atoms with Crippen molar-refractivity contribution in [3.63, 3.8) is 0 Å². The van der Waals surface area contributed by atoms with Gasteiger partial charge in [0.05, 0.1) is 23.7 Å². The lowest BCUT2D eigenvalue weighted by molar-refractivity contribution is -0.119. The topological polar surface area (TPSA) is 106 Å². The van der Waals surface area contributed by atoms with Gasteiger partial charge in [-0.05, 0) is 12.1 Å². The first kappa shape index (κ1) is 17.3. The minimum Gasteiger partial charge on any atom is -0.494 e. The second-order valence-electron chi connectivity index (χ2n) is 6.09. The van der Waals surface area contributed by atoms with Crippen molar-refractivity contribution in [2.24, 2.45) is 0 Å². The Labute approximate surface area is 155 Å². The fourth-order valence-electron chi connectivity index (χ4n) is 3.13. The number of halogens is 2. The molecule has 4 rings (SSSR count). The molecule has 0 spiro atoms. The van der Waals surface area contributed by atoms with E-state index in [9.17, 15) is 18.8 Å². The van der Waals surface area contributed by atoms with Crippen LogP contribution in [-0.4, -0.2) is 29.1 Å². The molecule has 3 heterocycles. The number of amides is 1. The number of methoxy groups -OCH3 is 1. The van der Waals surface area contributed by atoms with Crippen LogP contribution in [0.3, 0.4) is 0 Å². The average Bonchev–Trinajstić information content (AvgIpc) is 3.21. The van der Waals surface area contributed by atoms with Crippen molar-refractivity contribution < 1.29 is 18.3 Å². The van der Waals surface area contributed by atoms with Crippen molar-refractivity contribution in [1.82, 2.24) is 14.9 Å². The summed E-state index contributed by atoms with van der Waals surface area (Å²) in [7, 11) is 1.31. The number of aromatic amines is 1. The predicted molar refractivity (Wildman–Crippen MR) is 94.7 cm³/mol. The molecule has 8 nitrogen and oxygen atoms in total. The minimum atomic E-state index is -0.660. The van der Waals surface area contributed by atoms with Crippen molar-refractivity contribution in [3.05, 3.63) is 49.9 Å². The van der Waals surface area contributed by atoms with Crippen LogP contribution in [0.2, 0.25) is 5.02 Å². The van der Waals surface area contributed by atoms with Crippen LogP contribution >= 0.6 is 11.6 Å². The van der Waals surface area contributed by atoms with E-state index in [1.54, 1.807) is 0 Å². The zero-order valence-corrected chi connectivity index (χ0v) is 14.7. The number of fused-ring (bicyclic) bond motifs is 1. The maximum Gasteiger partial charge on any atom is 0.329 e. The first-order valence-corrected chi connectivity index (χ1v) is 8.35. The Hall–Kier alpha value is -3.07. The molecule has 3 aromatic rings. The third-order valence-electron chi connectivity index (χ3n) is 4.43. The number of nitrogens with zero attached hydrogens (tertiary/aromatic N) is 1. The Bertz CT molecular complexity index is 1200. The van der Waals surface area contributed by atoms with Gasteiger partial charge < -0.3 is 19.5 Å². The number of nitrogens with one attached hydrogen (secondary N) is 2. The monoisotopic (exact) mass is 393 g/mol. The van der Waals surface area contributed by atoms with Gasteiger partial charge in [-0.1, -0.05) is 11.6 Å². The number of aromatic nitrogens is 2. The van der Waals surface area contributed by atoms with E-state index in [0.29, 0.717) is 5.56 Å². The van der Waals surface area contributed by atoms with Gasteiger partial charge in [0.25, 0.3) is 5.56 Å². The van der Waals surface area contributed by atoms with Crippen LogP contribution in [0, 0.1) is 5.82 Å². The highest BCUT2D eigenvalue weighted by atomic mass is 35.5. The average molecular weight is 394 g/mol. The smallest absolute Gasteiger partial charge is 0.329 e. The number of hydrogen-bond acceptors (Lipinski definition) is 5. The fourth-order valence-corrected chi connectivity index (χ4v) is 3.37. The molecule has 2 aromatic heterocycles. The number of rotatable bonds is 3. The third-order valence-corrected chi connectivity index (χ3v) is 4.75. The summed E-state index contributed by atoms with van der Waals surface area (Å²) in [4.78, 5) is 39.1. The molecule has 1 fully saturated rings. The van der Waals surface area contributed by atoms with Gasteiger partial charge in [0.1, 0.15) is 5.76 Å². The van der Waals surface area contributed by atoms with Crippen LogP contribution in [0.4, 0.5) is 4.39 Å². The Morgan fingerprint density at radius 3 is 2.74 bits per heavy atom. The minimum absolute atomic E-state index is 0.0308. The number of H-pyrrole nitrogens is 1. The third kappa shape index (κ3) is 2.80. The number of hydrogen-bond donors (Lipinski definition) is 2. The Kier molecular flexibility index (Phi) is 4.03. The van der Waals surface area contributed by atoms with E-state index in [-0.39, 0.29) is 46.5 Å².